The Balaban J connectivity index is 2.37. The molecule has 0 saturated carbocycles. The average molecular weight is 201 g/mol. The number of anilines is 1. The molecule has 1 aromatic heterocycles. The van der Waals surface area contributed by atoms with Crippen molar-refractivity contribution in [2.45, 2.75) is 25.8 Å². The largest absolute Gasteiger partial charge is 0.294 e. The first kappa shape index (κ1) is 9.66. The zero-order valence-electron chi connectivity index (χ0n) is 8.47. The van der Waals surface area contributed by atoms with E-state index in [1.54, 1.807) is 23.2 Å². The van der Waals surface area contributed by atoms with Crippen LogP contribution in [0.4, 0.5) is 5.82 Å². The Morgan fingerprint density at radius 2 is 2.47 bits per heavy atom. The monoisotopic (exact) mass is 201 g/mol. The zero-order chi connectivity index (χ0) is 10.8. The zero-order valence-corrected chi connectivity index (χ0v) is 8.47. The molecule has 0 spiro atoms. The summed E-state index contributed by atoms with van der Waals surface area (Å²) in [5.74, 6) is 0.675. The third kappa shape index (κ3) is 1.68. The van der Waals surface area contributed by atoms with Crippen LogP contribution in [0.1, 0.15) is 25.3 Å². The highest BCUT2D eigenvalue weighted by Crippen LogP contribution is 2.24. The summed E-state index contributed by atoms with van der Waals surface area (Å²) in [4.78, 5) is 17.4. The van der Waals surface area contributed by atoms with Gasteiger partial charge in [-0.25, -0.2) is 4.98 Å². The van der Waals surface area contributed by atoms with Gasteiger partial charge in [-0.15, -0.1) is 0 Å². The number of carbonyl (C=O) groups excluding carboxylic acids is 1. The Kier molecular flexibility index (Phi) is 2.38. The number of amides is 1. The van der Waals surface area contributed by atoms with Gasteiger partial charge in [-0.2, -0.15) is 5.26 Å². The predicted molar refractivity (Wildman–Crippen MR) is 55.1 cm³/mol. The van der Waals surface area contributed by atoms with Crippen molar-refractivity contribution in [3.8, 4) is 6.07 Å². The summed E-state index contributed by atoms with van der Waals surface area (Å²) >= 11 is 0. The first-order chi connectivity index (χ1) is 7.22. The van der Waals surface area contributed by atoms with Crippen molar-refractivity contribution in [3.63, 3.8) is 0 Å². The Labute approximate surface area is 88.1 Å². The Hall–Kier alpha value is -1.89. The van der Waals surface area contributed by atoms with Crippen LogP contribution in [0.25, 0.3) is 0 Å². The molecule has 1 aliphatic heterocycles. The fourth-order valence-corrected chi connectivity index (χ4v) is 1.80. The molecule has 1 atom stereocenters. The van der Waals surface area contributed by atoms with Crippen LogP contribution in [0.3, 0.4) is 0 Å². The standard InChI is InChI=1S/C11H11N3O/c1-8-2-3-11(15)14(8)10-6-9(7-12)4-5-13-10/h4-6,8H,2-3H2,1H3/t8-/m1/s1. The second-order valence-electron chi connectivity index (χ2n) is 3.67. The molecule has 76 valence electrons. The molecule has 4 nitrogen and oxygen atoms in total. The smallest absolute Gasteiger partial charge is 0.228 e. The van der Waals surface area contributed by atoms with E-state index in [1.807, 2.05) is 13.0 Å². The van der Waals surface area contributed by atoms with Gasteiger partial charge in [-0.3, -0.25) is 9.69 Å². The molecule has 2 heterocycles. The maximum atomic E-state index is 11.6. The molecule has 1 aliphatic rings. The third-order valence-electron chi connectivity index (χ3n) is 2.61. The van der Waals surface area contributed by atoms with Crippen molar-refractivity contribution in [2.24, 2.45) is 0 Å². The number of carbonyl (C=O) groups is 1. The number of rotatable bonds is 1. The van der Waals surface area contributed by atoms with Crippen molar-refractivity contribution >= 4 is 11.7 Å². The molecule has 1 fully saturated rings. The first-order valence-corrected chi connectivity index (χ1v) is 4.90. The molecule has 2 rings (SSSR count). The summed E-state index contributed by atoms with van der Waals surface area (Å²) in [5, 5.41) is 8.76. The van der Waals surface area contributed by atoms with Crippen molar-refractivity contribution in [1.29, 1.82) is 5.26 Å². The van der Waals surface area contributed by atoms with E-state index >= 15 is 0 Å². The summed E-state index contributed by atoms with van der Waals surface area (Å²) in [5.41, 5.74) is 0.534. The topological polar surface area (TPSA) is 57.0 Å². The molecular weight excluding hydrogens is 190 g/mol. The van der Waals surface area contributed by atoms with Crippen molar-refractivity contribution in [2.75, 3.05) is 4.90 Å². The van der Waals surface area contributed by atoms with E-state index in [1.165, 1.54) is 0 Å². The van der Waals surface area contributed by atoms with Crippen LogP contribution in [-0.4, -0.2) is 16.9 Å². The fraction of sp³-hybridized carbons (Fsp3) is 0.364. The van der Waals surface area contributed by atoms with Crippen LogP contribution in [0.15, 0.2) is 18.3 Å². The van der Waals surface area contributed by atoms with E-state index < -0.39 is 0 Å². The van der Waals surface area contributed by atoms with Gasteiger partial charge in [0.1, 0.15) is 5.82 Å². The summed E-state index contributed by atoms with van der Waals surface area (Å²) in [7, 11) is 0. The van der Waals surface area contributed by atoms with Gasteiger partial charge in [0, 0.05) is 18.7 Å². The quantitative estimate of drug-likeness (QED) is 0.691. The number of hydrogen-bond acceptors (Lipinski definition) is 3. The minimum absolute atomic E-state index is 0.0880. The molecule has 4 heteroatoms. The van der Waals surface area contributed by atoms with Gasteiger partial charge in [0.15, 0.2) is 0 Å². The highest BCUT2D eigenvalue weighted by Gasteiger charge is 2.29. The highest BCUT2D eigenvalue weighted by molar-refractivity contribution is 5.95. The Bertz CT molecular complexity index is 436. The van der Waals surface area contributed by atoms with E-state index in [4.69, 9.17) is 5.26 Å². The van der Waals surface area contributed by atoms with Gasteiger partial charge in [0.25, 0.3) is 0 Å². The van der Waals surface area contributed by atoms with Crippen LogP contribution in [-0.2, 0) is 4.79 Å². The summed E-state index contributed by atoms with van der Waals surface area (Å²) in [6.45, 7) is 1.99. The van der Waals surface area contributed by atoms with E-state index in [9.17, 15) is 4.79 Å². The van der Waals surface area contributed by atoms with Gasteiger partial charge in [-0.1, -0.05) is 0 Å². The fourth-order valence-electron chi connectivity index (χ4n) is 1.80. The van der Waals surface area contributed by atoms with Gasteiger partial charge in [0.05, 0.1) is 11.6 Å². The average Bonchev–Trinajstić information content (AvgIpc) is 2.59. The van der Waals surface area contributed by atoms with Crippen LogP contribution in [0, 0.1) is 11.3 Å². The molecule has 0 bridgehead atoms. The molecule has 0 unspecified atom stereocenters. The van der Waals surface area contributed by atoms with Gasteiger partial charge in [0.2, 0.25) is 5.91 Å². The Morgan fingerprint density at radius 3 is 3.07 bits per heavy atom. The molecule has 15 heavy (non-hydrogen) atoms. The molecule has 0 N–H and O–H groups in total. The summed E-state index contributed by atoms with van der Waals surface area (Å²) in [6.07, 6.45) is 2.99. The number of hydrogen-bond donors (Lipinski definition) is 0. The lowest BCUT2D eigenvalue weighted by Gasteiger charge is -2.20. The lowest BCUT2D eigenvalue weighted by molar-refractivity contribution is -0.117. The van der Waals surface area contributed by atoms with E-state index in [-0.39, 0.29) is 11.9 Å². The molecular formula is C11H11N3O. The van der Waals surface area contributed by atoms with Crippen LogP contribution < -0.4 is 4.90 Å². The maximum Gasteiger partial charge on any atom is 0.228 e. The Morgan fingerprint density at radius 1 is 1.67 bits per heavy atom. The SMILES string of the molecule is C[C@@H]1CCC(=O)N1c1cc(C#N)ccn1. The molecule has 1 amide bonds. The lowest BCUT2D eigenvalue weighted by Crippen LogP contribution is -2.31. The number of pyridine rings is 1. The summed E-state index contributed by atoms with van der Waals surface area (Å²) in [6, 6.07) is 5.51. The number of nitrogens with zero attached hydrogens (tertiary/aromatic N) is 3. The van der Waals surface area contributed by atoms with Gasteiger partial charge >= 0.3 is 0 Å². The van der Waals surface area contributed by atoms with E-state index in [0.717, 1.165) is 6.42 Å². The second kappa shape index (κ2) is 3.70. The van der Waals surface area contributed by atoms with Crippen LogP contribution in [0.5, 0.6) is 0 Å². The minimum Gasteiger partial charge on any atom is -0.294 e. The molecule has 0 aromatic carbocycles. The normalized spacial score (nSPS) is 20.4. The van der Waals surface area contributed by atoms with E-state index in [0.29, 0.717) is 17.8 Å². The van der Waals surface area contributed by atoms with Gasteiger partial charge < -0.3 is 0 Å². The van der Waals surface area contributed by atoms with Crippen molar-refractivity contribution < 1.29 is 4.79 Å². The molecule has 1 saturated heterocycles. The highest BCUT2D eigenvalue weighted by atomic mass is 16.2. The molecule has 1 aromatic rings. The van der Waals surface area contributed by atoms with Gasteiger partial charge in [-0.05, 0) is 25.5 Å². The van der Waals surface area contributed by atoms with Crippen LogP contribution >= 0.6 is 0 Å². The van der Waals surface area contributed by atoms with Crippen molar-refractivity contribution in [1.82, 2.24) is 4.98 Å². The predicted octanol–water partition coefficient (Wildman–Crippen LogP) is 1.47. The molecule has 0 radical (unpaired) electrons. The second-order valence-corrected chi connectivity index (χ2v) is 3.67. The third-order valence-corrected chi connectivity index (χ3v) is 2.61. The lowest BCUT2D eigenvalue weighted by atomic mass is 10.2. The summed E-state index contributed by atoms with van der Waals surface area (Å²) < 4.78 is 0. The van der Waals surface area contributed by atoms with Crippen LogP contribution in [0.2, 0.25) is 0 Å². The number of aromatic nitrogens is 1. The minimum atomic E-state index is 0.0880. The number of nitriles is 1. The van der Waals surface area contributed by atoms with E-state index in [2.05, 4.69) is 4.98 Å². The maximum absolute atomic E-state index is 11.6. The molecule has 0 aliphatic carbocycles. The van der Waals surface area contributed by atoms with Crippen molar-refractivity contribution in [3.05, 3.63) is 23.9 Å². The first-order valence-electron chi connectivity index (χ1n) is 4.90.